The molecule has 1 N–H and O–H groups in total. The van der Waals surface area contributed by atoms with Gasteiger partial charge >= 0.3 is 0 Å². The van der Waals surface area contributed by atoms with Gasteiger partial charge in [0.05, 0.1) is 0 Å². The van der Waals surface area contributed by atoms with Crippen LogP contribution < -0.4 is 10.1 Å². The lowest BCUT2D eigenvalue weighted by Gasteiger charge is -2.16. The molecule has 0 heterocycles. The van der Waals surface area contributed by atoms with E-state index in [1.165, 1.54) is 18.2 Å². The van der Waals surface area contributed by atoms with Crippen LogP contribution in [-0.2, 0) is 9.53 Å². The third-order valence-corrected chi connectivity index (χ3v) is 2.63. The Morgan fingerprint density at radius 2 is 2.21 bits per heavy atom. The fraction of sp³-hybridized carbons (Fsp3) is 0.500. The van der Waals surface area contributed by atoms with Crippen molar-refractivity contribution in [1.29, 1.82) is 0 Å². The summed E-state index contributed by atoms with van der Waals surface area (Å²) in [4.78, 5) is 11.7. The summed E-state index contributed by atoms with van der Waals surface area (Å²) in [6.07, 6.45) is 0.136. The predicted molar refractivity (Wildman–Crippen MR) is 70.7 cm³/mol. The largest absolute Gasteiger partial charge is 0.481 e. The molecule has 0 bridgehead atoms. The van der Waals surface area contributed by atoms with Gasteiger partial charge in [-0.05, 0) is 44.0 Å². The van der Waals surface area contributed by atoms with Crippen LogP contribution in [0.4, 0.5) is 4.39 Å². The van der Waals surface area contributed by atoms with Crippen molar-refractivity contribution < 1.29 is 18.7 Å². The van der Waals surface area contributed by atoms with Crippen molar-refractivity contribution >= 4 is 5.91 Å². The highest BCUT2D eigenvalue weighted by molar-refractivity contribution is 5.80. The van der Waals surface area contributed by atoms with Gasteiger partial charge in [0.25, 0.3) is 5.91 Å². The Morgan fingerprint density at radius 1 is 1.47 bits per heavy atom. The summed E-state index contributed by atoms with van der Waals surface area (Å²) in [5.74, 6) is 0.00212. The molecule has 5 heteroatoms. The summed E-state index contributed by atoms with van der Waals surface area (Å²) in [6.45, 7) is 4.55. The normalized spacial score (nSPS) is 12.0. The SMILES string of the molecule is COCCCNC(=O)C(C)Oc1ccc(F)cc1C. The molecule has 19 heavy (non-hydrogen) atoms. The van der Waals surface area contributed by atoms with E-state index in [2.05, 4.69) is 5.32 Å². The van der Waals surface area contributed by atoms with Crippen LogP contribution in [0.2, 0.25) is 0 Å². The molecule has 4 nitrogen and oxygen atoms in total. The van der Waals surface area contributed by atoms with Crippen molar-refractivity contribution in [1.82, 2.24) is 5.32 Å². The number of nitrogens with one attached hydrogen (secondary N) is 1. The van der Waals surface area contributed by atoms with Crippen LogP contribution in [0.3, 0.4) is 0 Å². The monoisotopic (exact) mass is 269 g/mol. The van der Waals surface area contributed by atoms with Crippen LogP contribution in [0, 0.1) is 12.7 Å². The summed E-state index contributed by atoms with van der Waals surface area (Å²) < 4.78 is 23.3. The van der Waals surface area contributed by atoms with Gasteiger partial charge in [0.2, 0.25) is 0 Å². The van der Waals surface area contributed by atoms with Crippen LogP contribution in [-0.4, -0.2) is 32.3 Å². The number of aryl methyl sites for hydroxylation is 1. The molecule has 0 saturated heterocycles. The van der Waals surface area contributed by atoms with Crippen molar-refractivity contribution in [3.63, 3.8) is 0 Å². The predicted octanol–water partition coefficient (Wildman–Crippen LogP) is 2.05. The molecule has 1 amide bonds. The van der Waals surface area contributed by atoms with E-state index in [-0.39, 0.29) is 11.7 Å². The number of rotatable bonds is 7. The zero-order chi connectivity index (χ0) is 14.3. The second-order valence-corrected chi connectivity index (χ2v) is 4.31. The summed E-state index contributed by atoms with van der Waals surface area (Å²) >= 11 is 0. The molecule has 0 aliphatic carbocycles. The molecular weight excluding hydrogens is 249 g/mol. The minimum absolute atomic E-state index is 0.195. The molecule has 0 aromatic heterocycles. The first-order chi connectivity index (χ1) is 9.04. The van der Waals surface area contributed by atoms with E-state index in [0.717, 1.165) is 6.42 Å². The van der Waals surface area contributed by atoms with E-state index in [0.29, 0.717) is 24.5 Å². The van der Waals surface area contributed by atoms with Gasteiger partial charge in [-0.1, -0.05) is 0 Å². The first-order valence-electron chi connectivity index (χ1n) is 6.24. The van der Waals surface area contributed by atoms with Crippen LogP contribution in [0.25, 0.3) is 0 Å². The van der Waals surface area contributed by atoms with Crippen molar-refractivity contribution in [2.75, 3.05) is 20.3 Å². The zero-order valence-electron chi connectivity index (χ0n) is 11.5. The van der Waals surface area contributed by atoms with Crippen molar-refractivity contribution in [3.05, 3.63) is 29.6 Å². The van der Waals surface area contributed by atoms with Gasteiger partial charge in [0.15, 0.2) is 6.10 Å². The maximum Gasteiger partial charge on any atom is 0.260 e. The molecule has 0 saturated carbocycles. The molecule has 0 radical (unpaired) electrons. The third kappa shape index (κ3) is 5.26. The number of ether oxygens (including phenoxy) is 2. The van der Waals surface area contributed by atoms with Crippen LogP contribution in [0.1, 0.15) is 18.9 Å². The maximum absolute atomic E-state index is 12.9. The van der Waals surface area contributed by atoms with Gasteiger partial charge < -0.3 is 14.8 Å². The fourth-order valence-corrected chi connectivity index (χ4v) is 1.56. The Hall–Kier alpha value is -1.62. The maximum atomic E-state index is 12.9. The average Bonchev–Trinajstić information content (AvgIpc) is 2.37. The van der Waals surface area contributed by atoms with E-state index in [1.54, 1.807) is 21.0 Å². The van der Waals surface area contributed by atoms with Gasteiger partial charge in [-0.3, -0.25) is 4.79 Å². The van der Waals surface area contributed by atoms with Gasteiger partial charge in [0, 0.05) is 20.3 Å². The second kappa shape index (κ2) is 7.74. The van der Waals surface area contributed by atoms with E-state index in [1.807, 2.05) is 0 Å². The second-order valence-electron chi connectivity index (χ2n) is 4.31. The molecule has 0 spiro atoms. The summed E-state index contributed by atoms with van der Waals surface area (Å²) in [5.41, 5.74) is 0.666. The zero-order valence-corrected chi connectivity index (χ0v) is 11.5. The van der Waals surface area contributed by atoms with Gasteiger partial charge in [0.1, 0.15) is 11.6 Å². The van der Waals surface area contributed by atoms with Crippen LogP contribution in [0.15, 0.2) is 18.2 Å². The molecule has 0 aliphatic heterocycles. The van der Waals surface area contributed by atoms with E-state index >= 15 is 0 Å². The molecule has 106 valence electrons. The van der Waals surface area contributed by atoms with Gasteiger partial charge in [-0.15, -0.1) is 0 Å². The number of hydrogen-bond donors (Lipinski definition) is 1. The quantitative estimate of drug-likeness (QED) is 0.771. The molecule has 1 rings (SSSR count). The number of hydrogen-bond acceptors (Lipinski definition) is 3. The minimum Gasteiger partial charge on any atom is -0.481 e. The first kappa shape index (κ1) is 15.4. The van der Waals surface area contributed by atoms with Gasteiger partial charge in [-0.2, -0.15) is 0 Å². The average molecular weight is 269 g/mol. The Balaban J connectivity index is 2.45. The lowest BCUT2D eigenvalue weighted by Crippen LogP contribution is -2.37. The number of methoxy groups -OCH3 is 1. The topological polar surface area (TPSA) is 47.6 Å². The summed E-state index contributed by atoms with van der Waals surface area (Å²) in [7, 11) is 1.62. The van der Waals surface area contributed by atoms with E-state index < -0.39 is 6.10 Å². The molecule has 1 atom stereocenters. The number of amides is 1. The Morgan fingerprint density at radius 3 is 2.84 bits per heavy atom. The van der Waals surface area contributed by atoms with Gasteiger partial charge in [-0.25, -0.2) is 4.39 Å². The lowest BCUT2D eigenvalue weighted by molar-refractivity contribution is -0.127. The van der Waals surface area contributed by atoms with E-state index in [9.17, 15) is 9.18 Å². The fourth-order valence-electron chi connectivity index (χ4n) is 1.56. The lowest BCUT2D eigenvalue weighted by atomic mass is 10.2. The molecule has 1 aromatic rings. The number of benzene rings is 1. The number of carbonyl (C=O) groups excluding carboxylic acids is 1. The Kier molecular flexibility index (Phi) is 6.29. The highest BCUT2D eigenvalue weighted by Gasteiger charge is 2.15. The Labute approximate surface area is 112 Å². The molecule has 1 aromatic carbocycles. The highest BCUT2D eigenvalue weighted by Crippen LogP contribution is 2.19. The molecule has 0 aliphatic rings. The summed E-state index contributed by atoms with van der Waals surface area (Å²) in [6, 6.07) is 4.21. The van der Waals surface area contributed by atoms with E-state index in [4.69, 9.17) is 9.47 Å². The number of carbonyl (C=O) groups is 1. The van der Waals surface area contributed by atoms with Crippen molar-refractivity contribution in [2.24, 2.45) is 0 Å². The van der Waals surface area contributed by atoms with Crippen molar-refractivity contribution in [2.45, 2.75) is 26.4 Å². The molecule has 1 unspecified atom stereocenters. The van der Waals surface area contributed by atoms with Crippen LogP contribution >= 0.6 is 0 Å². The standard InChI is InChI=1S/C14H20FNO3/c1-10-9-12(15)5-6-13(10)19-11(2)14(17)16-7-4-8-18-3/h5-6,9,11H,4,7-8H2,1-3H3,(H,16,17). The molecular formula is C14H20FNO3. The smallest absolute Gasteiger partial charge is 0.260 e. The highest BCUT2D eigenvalue weighted by atomic mass is 19.1. The first-order valence-corrected chi connectivity index (χ1v) is 6.24. The Bertz CT molecular complexity index is 423. The number of halogens is 1. The third-order valence-electron chi connectivity index (χ3n) is 2.63. The molecule has 0 fully saturated rings. The van der Waals surface area contributed by atoms with Crippen molar-refractivity contribution in [3.8, 4) is 5.75 Å². The minimum atomic E-state index is -0.619. The summed E-state index contributed by atoms with van der Waals surface area (Å²) in [5, 5.41) is 2.75. The van der Waals surface area contributed by atoms with Crippen LogP contribution in [0.5, 0.6) is 5.75 Å².